The van der Waals surface area contributed by atoms with Crippen molar-refractivity contribution < 1.29 is 9.59 Å². The topological polar surface area (TPSA) is 58.2 Å². The Kier molecular flexibility index (Phi) is 4.90. The Balaban J connectivity index is 1.83. The first-order chi connectivity index (χ1) is 9.69. The number of carbonyl (C=O) groups is 2. The van der Waals surface area contributed by atoms with E-state index in [4.69, 9.17) is 0 Å². The molecule has 4 nitrogen and oxygen atoms in total. The van der Waals surface area contributed by atoms with Gasteiger partial charge in [0.25, 0.3) is 0 Å². The monoisotopic (exact) mass is 288 g/mol. The predicted octanol–water partition coefficient (Wildman–Crippen LogP) is 2.57. The summed E-state index contributed by atoms with van der Waals surface area (Å²) in [5, 5.41) is 5.16. The molecule has 104 valence electrons. The molecule has 0 saturated heterocycles. The van der Waals surface area contributed by atoms with Gasteiger partial charge >= 0.3 is 11.8 Å². The molecule has 0 aliphatic heterocycles. The van der Waals surface area contributed by atoms with Crippen molar-refractivity contribution in [1.82, 2.24) is 5.32 Å². The van der Waals surface area contributed by atoms with Crippen molar-refractivity contribution in [3.63, 3.8) is 0 Å². The normalized spacial score (nSPS) is 10.1. The first-order valence-electron chi connectivity index (χ1n) is 6.41. The average Bonchev–Trinajstić information content (AvgIpc) is 2.93. The highest BCUT2D eigenvalue weighted by Gasteiger charge is 2.13. The Morgan fingerprint density at radius 3 is 2.35 bits per heavy atom. The van der Waals surface area contributed by atoms with Gasteiger partial charge in [-0.1, -0.05) is 25.1 Å². The van der Waals surface area contributed by atoms with Crippen molar-refractivity contribution in [3.05, 3.63) is 52.2 Å². The molecule has 0 saturated carbocycles. The zero-order valence-electron chi connectivity index (χ0n) is 11.2. The molecule has 0 unspecified atom stereocenters. The van der Waals surface area contributed by atoms with Gasteiger partial charge in [-0.2, -0.15) is 0 Å². The third-order valence-electron chi connectivity index (χ3n) is 2.73. The second kappa shape index (κ2) is 6.86. The SMILES string of the molecule is CCc1ccc(CNC(=O)C(=O)Nc2ccccc2)s1. The molecule has 1 aromatic carbocycles. The number of aryl methyl sites for hydroxylation is 1. The summed E-state index contributed by atoms with van der Waals surface area (Å²) in [4.78, 5) is 25.7. The van der Waals surface area contributed by atoms with E-state index in [9.17, 15) is 9.59 Å². The minimum atomic E-state index is -0.650. The minimum Gasteiger partial charge on any atom is -0.343 e. The van der Waals surface area contributed by atoms with Crippen LogP contribution in [0.1, 0.15) is 16.7 Å². The molecule has 2 aromatic rings. The van der Waals surface area contributed by atoms with Crippen LogP contribution < -0.4 is 10.6 Å². The van der Waals surface area contributed by atoms with Gasteiger partial charge in [0.2, 0.25) is 0 Å². The number of para-hydroxylation sites is 1. The molecule has 2 rings (SSSR count). The van der Waals surface area contributed by atoms with E-state index < -0.39 is 11.8 Å². The maximum absolute atomic E-state index is 11.7. The average molecular weight is 288 g/mol. The summed E-state index contributed by atoms with van der Waals surface area (Å²) in [5.74, 6) is -1.27. The van der Waals surface area contributed by atoms with Gasteiger partial charge in [0.1, 0.15) is 0 Å². The van der Waals surface area contributed by atoms with E-state index in [0.717, 1.165) is 11.3 Å². The van der Waals surface area contributed by atoms with E-state index in [2.05, 4.69) is 17.6 Å². The molecule has 0 bridgehead atoms. The molecule has 0 atom stereocenters. The fraction of sp³-hybridized carbons (Fsp3) is 0.200. The second-order valence-electron chi connectivity index (χ2n) is 4.22. The van der Waals surface area contributed by atoms with Crippen LogP contribution in [-0.2, 0) is 22.6 Å². The second-order valence-corrected chi connectivity index (χ2v) is 5.48. The molecule has 2 N–H and O–H groups in total. The fourth-order valence-corrected chi connectivity index (χ4v) is 2.56. The lowest BCUT2D eigenvalue weighted by molar-refractivity contribution is -0.136. The standard InChI is InChI=1S/C15H16N2O2S/c1-2-12-8-9-13(20-12)10-16-14(18)15(19)17-11-6-4-3-5-7-11/h3-9H,2,10H2,1H3,(H,16,18)(H,17,19). The van der Waals surface area contributed by atoms with Crippen LogP contribution in [0.5, 0.6) is 0 Å². The highest BCUT2D eigenvalue weighted by molar-refractivity contribution is 7.11. The number of hydrogen-bond acceptors (Lipinski definition) is 3. The van der Waals surface area contributed by atoms with Crippen LogP contribution in [0.15, 0.2) is 42.5 Å². The molecule has 5 heteroatoms. The molecular formula is C15H16N2O2S. The van der Waals surface area contributed by atoms with Gasteiger partial charge in [0, 0.05) is 15.4 Å². The van der Waals surface area contributed by atoms with Crippen molar-refractivity contribution in [2.75, 3.05) is 5.32 Å². The highest BCUT2D eigenvalue weighted by atomic mass is 32.1. The maximum Gasteiger partial charge on any atom is 0.313 e. The van der Waals surface area contributed by atoms with Gasteiger partial charge in [-0.3, -0.25) is 9.59 Å². The molecule has 0 spiro atoms. The highest BCUT2D eigenvalue weighted by Crippen LogP contribution is 2.16. The van der Waals surface area contributed by atoms with Crippen molar-refractivity contribution in [3.8, 4) is 0 Å². The van der Waals surface area contributed by atoms with Gasteiger partial charge in [0.05, 0.1) is 6.54 Å². The third-order valence-corrected chi connectivity index (χ3v) is 3.96. The summed E-state index contributed by atoms with van der Waals surface area (Å²) in [5.41, 5.74) is 0.608. The first-order valence-corrected chi connectivity index (χ1v) is 7.22. The summed E-state index contributed by atoms with van der Waals surface area (Å²) in [6.45, 7) is 2.47. The van der Waals surface area contributed by atoms with E-state index in [1.165, 1.54) is 4.88 Å². The molecule has 0 aliphatic rings. The number of anilines is 1. The van der Waals surface area contributed by atoms with Crippen LogP contribution in [0.3, 0.4) is 0 Å². The van der Waals surface area contributed by atoms with Crippen molar-refractivity contribution >= 4 is 28.8 Å². The van der Waals surface area contributed by atoms with Gasteiger partial charge in [0.15, 0.2) is 0 Å². The molecule has 2 amide bonds. The van der Waals surface area contributed by atoms with Crippen LogP contribution in [0, 0.1) is 0 Å². The maximum atomic E-state index is 11.7. The third kappa shape index (κ3) is 3.93. The predicted molar refractivity (Wildman–Crippen MR) is 80.6 cm³/mol. The Morgan fingerprint density at radius 2 is 1.70 bits per heavy atom. The van der Waals surface area contributed by atoms with Crippen molar-refractivity contribution in [2.45, 2.75) is 19.9 Å². The molecule has 0 radical (unpaired) electrons. The van der Waals surface area contributed by atoms with Crippen LogP contribution in [0.2, 0.25) is 0 Å². The van der Waals surface area contributed by atoms with Crippen LogP contribution in [0.4, 0.5) is 5.69 Å². The summed E-state index contributed by atoms with van der Waals surface area (Å²) < 4.78 is 0. The fourth-order valence-electron chi connectivity index (χ4n) is 1.66. The zero-order chi connectivity index (χ0) is 14.4. The minimum absolute atomic E-state index is 0.381. The number of thiophene rings is 1. The number of amides is 2. The van der Waals surface area contributed by atoms with Crippen LogP contribution >= 0.6 is 11.3 Å². The number of carbonyl (C=O) groups excluding carboxylic acids is 2. The molecule has 0 fully saturated rings. The molecular weight excluding hydrogens is 272 g/mol. The lowest BCUT2D eigenvalue weighted by atomic mass is 10.3. The van der Waals surface area contributed by atoms with E-state index >= 15 is 0 Å². The van der Waals surface area contributed by atoms with E-state index in [1.54, 1.807) is 35.6 Å². The smallest absolute Gasteiger partial charge is 0.313 e. The Labute approximate surface area is 121 Å². The lowest BCUT2D eigenvalue weighted by Gasteiger charge is -2.05. The molecule has 20 heavy (non-hydrogen) atoms. The summed E-state index contributed by atoms with van der Waals surface area (Å²) in [6.07, 6.45) is 0.979. The van der Waals surface area contributed by atoms with Crippen LogP contribution in [0.25, 0.3) is 0 Å². The van der Waals surface area contributed by atoms with E-state index in [0.29, 0.717) is 12.2 Å². The summed E-state index contributed by atoms with van der Waals surface area (Å²) >= 11 is 1.64. The molecule has 1 heterocycles. The van der Waals surface area contributed by atoms with Gasteiger partial charge in [-0.15, -0.1) is 11.3 Å². The van der Waals surface area contributed by atoms with Crippen molar-refractivity contribution in [1.29, 1.82) is 0 Å². The van der Waals surface area contributed by atoms with Gasteiger partial charge in [-0.05, 0) is 30.7 Å². The Morgan fingerprint density at radius 1 is 1.00 bits per heavy atom. The Bertz CT molecular complexity index is 593. The summed E-state index contributed by atoms with van der Waals surface area (Å²) in [7, 11) is 0. The van der Waals surface area contributed by atoms with Gasteiger partial charge < -0.3 is 10.6 Å². The number of hydrogen-bond donors (Lipinski definition) is 2. The summed E-state index contributed by atoms with van der Waals surface area (Å²) in [6, 6.07) is 12.9. The zero-order valence-corrected chi connectivity index (χ0v) is 12.0. The Hall–Kier alpha value is -2.14. The van der Waals surface area contributed by atoms with Crippen molar-refractivity contribution in [2.24, 2.45) is 0 Å². The van der Waals surface area contributed by atoms with Gasteiger partial charge in [-0.25, -0.2) is 0 Å². The molecule has 0 aliphatic carbocycles. The largest absolute Gasteiger partial charge is 0.343 e. The van der Waals surface area contributed by atoms with Crippen LogP contribution in [-0.4, -0.2) is 11.8 Å². The number of rotatable bonds is 4. The van der Waals surface area contributed by atoms with E-state index in [1.807, 2.05) is 18.2 Å². The molecule has 1 aromatic heterocycles. The number of benzene rings is 1. The quantitative estimate of drug-likeness (QED) is 0.850. The first kappa shape index (κ1) is 14.3. The number of nitrogens with one attached hydrogen (secondary N) is 2. The van der Waals surface area contributed by atoms with E-state index in [-0.39, 0.29) is 0 Å². The lowest BCUT2D eigenvalue weighted by Crippen LogP contribution is -2.34.